The summed E-state index contributed by atoms with van der Waals surface area (Å²) in [5, 5.41) is 2.75. The second-order valence-corrected chi connectivity index (χ2v) is 4.11. The van der Waals surface area contributed by atoms with Crippen LogP contribution in [0.1, 0.15) is 19.3 Å². The van der Waals surface area contributed by atoms with Crippen LogP contribution in [0.4, 0.5) is 0 Å². The predicted molar refractivity (Wildman–Crippen MR) is 58.4 cm³/mol. The third-order valence-corrected chi connectivity index (χ3v) is 2.96. The number of hydrogen-bond donors (Lipinski definition) is 3. The summed E-state index contributed by atoms with van der Waals surface area (Å²) in [4.78, 5) is 22.1. The van der Waals surface area contributed by atoms with Crippen molar-refractivity contribution in [3.63, 3.8) is 0 Å². The molecular formula is C10H19N3O3. The number of hydrogen-bond acceptors (Lipinski definition) is 4. The molecule has 1 aliphatic carbocycles. The Hall–Kier alpha value is -1.14. The van der Waals surface area contributed by atoms with Gasteiger partial charge in [0.1, 0.15) is 6.61 Å². The first-order valence-corrected chi connectivity index (χ1v) is 5.45. The van der Waals surface area contributed by atoms with Crippen LogP contribution in [0.2, 0.25) is 0 Å². The lowest BCUT2D eigenvalue weighted by atomic mass is 9.68. The average Bonchev–Trinajstić information content (AvgIpc) is 2.16. The maximum absolute atomic E-state index is 11.7. The van der Waals surface area contributed by atoms with E-state index in [1.807, 2.05) is 0 Å². The molecule has 0 heterocycles. The van der Waals surface area contributed by atoms with Crippen LogP contribution in [0.5, 0.6) is 0 Å². The van der Waals surface area contributed by atoms with Gasteiger partial charge in [0.2, 0.25) is 11.8 Å². The molecule has 1 rings (SSSR count). The smallest absolute Gasteiger partial charge is 0.243 e. The molecule has 0 aromatic carbocycles. The summed E-state index contributed by atoms with van der Waals surface area (Å²) in [5.74, 6) is -0.521. The molecule has 16 heavy (non-hydrogen) atoms. The molecule has 1 fully saturated rings. The first-order chi connectivity index (χ1) is 7.60. The van der Waals surface area contributed by atoms with Gasteiger partial charge in [-0.25, -0.2) is 0 Å². The highest BCUT2D eigenvalue weighted by atomic mass is 16.5. The van der Waals surface area contributed by atoms with Gasteiger partial charge in [0.25, 0.3) is 0 Å². The van der Waals surface area contributed by atoms with E-state index in [2.05, 4.69) is 5.32 Å². The molecule has 0 aromatic rings. The number of carbonyl (C=O) groups excluding carboxylic acids is 2. The first-order valence-electron chi connectivity index (χ1n) is 5.45. The Kier molecular flexibility index (Phi) is 4.70. The van der Waals surface area contributed by atoms with Crippen LogP contribution in [0.15, 0.2) is 0 Å². The molecule has 2 amide bonds. The number of amides is 2. The van der Waals surface area contributed by atoms with Crippen molar-refractivity contribution in [3.8, 4) is 0 Å². The number of nitrogens with one attached hydrogen (secondary N) is 1. The van der Waals surface area contributed by atoms with Gasteiger partial charge >= 0.3 is 0 Å². The summed E-state index contributed by atoms with van der Waals surface area (Å²) in [7, 11) is 0. The highest BCUT2D eigenvalue weighted by molar-refractivity contribution is 5.83. The molecule has 1 aliphatic rings. The van der Waals surface area contributed by atoms with Gasteiger partial charge in [-0.15, -0.1) is 0 Å². The predicted octanol–water partition coefficient (Wildman–Crippen LogP) is -1.27. The SMILES string of the molecule is NCC1(C(=O)NCCOCC(N)=O)CCC1. The highest BCUT2D eigenvalue weighted by Gasteiger charge is 2.42. The van der Waals surface area contributed by atoms with Crippen molar-refractivity contribution in [2.24, 2.45) is 16.9 Å². The number of ether oxygens (including phenoxy) is 1. The topological polar surface area (TPSA) is 107 Å². The van der Waals surface area contributed by atoms with E-state index in [1.165, 1.54) is 0 Å². The first kappa shape index (κ1) is 12.9. The average molecular weight is 229 g/mol. The minimum absolute atomic E-state index is 0.0103. The molecule has 1 saturated carbocycles. The van der Waals surface area contributed by atoms with Gasteiger partial charge in [-0.2, -0.15) is 0 Å². The van der Waals surface area contributed by atoms with Gasteiger partial charge in [-0.1, -0.05) is 6.42 Å². The fourth-order valence-electron chi connectivity index (χ4n) is 1.72. The Morgan fingerprint density at radius 1 is 1.38 bits per heavy atom. The zero-order valence-electron chi connectivity index (χ0n) is 9.33. The van der Waals surface area contributed by atoms with E-state index in [0.717, 1.165) is 19.3 Å². The summed E-state index contributed by atoms with van der Waals surface area (Å²) >= 11 is 0. The summed E-state index contributed by atoms with van der Waals surface area (Å²) in [6.45, 7) is 0.947. The van der Waals surface area contributed by atoms with Crippen molar-refractivity contribution in [2.75, 3.05) is 26.3 Å². The second-order valence-electron chi connectivity index (χ2n) is 4.11. The van der Waals surface area contributed by atoms with E-state index in [4.69, 9.17) is 16.2 Å². The quantitative estimate of drug-likeness (QED) is 0.473. The van der Waals surface area contributed by atoms with E-state index in [-0.39, 0.29) is 24.5 Å². The monoisotopic (exact) mass is 229 g/mol. The van der Waals surface area contributed by atoms with Crippen LogP contribution >= 0.6 is 0 Å². The number of carbonyl (C=O) groups is 2. The molecule has 0 radical (unpaired) electrons. The third kappa shape index (κ3) is 3.18. The molecule has 0 atom stereocenters. The van der Waals surface area contributed by atoms with Crippen LogP contribution in [0.25, 0.3) is 0 Å². The molecule has 0 saturated heterocycles. The van der Waals surface area contributed by atoms with Gasteiger partial charge < -0.3 is 21.5 Å². The maximum Gasteiger partial charge on any atom is 0.243 e. The second kappa shape index (κ2) is 5.81. The Balaban J connectivity index is 2.13. The van der Waals surface area contributed by atoms with E-state index in [0.29, 0.717) is 13.1 Å². The summed E-state index contributed by atoms with van der Waals surface area (Å²) in [5.41, 5.74) is 10.1. The molecule has 0 aliphatic heterocycles. The molecule has 0 unspecified atom stereocenters. The molecule has 6 nitrogen and oxygen atoms in total. The van der Waals surface area contributed by atoms with Crippen LogP contribution in [-0.2, 0) is 14.3 Å². The fourth-order valence-corrected chi connectivity index (χ4v) is 1.72. The minimum Gasteiger partial charge on any atom is -0.370 e. The zero-order valence-corrected chi connectivity index (χ0v) is 9.33. The van der Waals surface area contributed by atoms with E-state index >= 15 is 0 Å². The number of nitrogens with two attached hydrogens (primary N) is 2. The van der Waals surface area contributed by atoms with Crippen LogP contribution in [-0.4, -0.2) is 38.1 Å². The van der Waals surface area contributed by atoms with Crippen LogP contribution < -0.4 is 16.8 Å². The Morgan fingerprint density at radius 2 is 2.06 bits per heavy atom. The largest absolute Gasteiger partial charge is 0.370 e. The van der Waals surface area contributed by atoms with Crippen LogP contribution in [0.3, 0.4) is 0 Å². The van der Waals surface area contributed by atoms with E-state index in [9.17, 15) is 9.59 Å². The fraction of sp³-hybridized carbons (Fsp3) is 0.800. The Labute approximate surface area is 94.7 Å². The lowest BCUT2D eigenvalue weighted by Crippen LogP contribution is -2.50. The molecule has 0 spiro atoms. The van der Waals surface area contributed by atoms with Crippen molar-refractivity contribution < 1.29 is 14.3 Å². The molecule has 6 heteroatoms. The Bertz CT molecular complexity index is 259. The third-order valence-electron chi connectivity index (χ3n) is 2.96. The van der Waals surface area contributed by atoms with E-state index in [1.54, 1.807) is 0 Å². The van der Waals surface area contributed by atoms with Crippen molar-refractivity contribution >= 4 is 11.8 Å². The van der Waals surface area contributed by atoms with Crippen molar-refractivity contribution in [1.29, 1.82) is 0 Å². The standard InChI is InChI=1S/C10H19N3O3/c11-7-10(2-1-3-10)9(15)13-4-5-16-6-8(12)14/h1-7,11H2,(H2,12,14)(H,13,15). The van der Waals surface area contributed by atoms with Gasteiger partial charge in [0, 0.05) is 13.1 Å². The summed E-state index contributed by atoms with van der Waals surface area (Å²) in [6.07, 6.45) is 2.78. The maximum atomic E-state index is 11.7. The highest BCUT2D eigenvalue weighted by Crippen LogP contribution is 2.39. The van der Waals surface area contributed by atoms with Gasteiger partial charge in [-0.3, -0.25) is 9.59 Å². The molecule has 5 N–H and O–H groups in total. The minimum atomic E-state index is -0.510. The van der Waals surface area contributed by atoms with Crippen molar-refractivity contribution in [2.45, 2.75) is 19.3 Å². The lowest BCUT2D eigenvalue weighted by molar-refractivity contribution is -0.135. The zero-order chi connectivity index (χ0) is 12.0. The van der Waals surface area contributed by atoms with Crippen molar-refractivity contribution in [1.82, 2.24) is 5.32 Å². The Morgan fingerprint density at radius 3 is 2.50 bits per heavy atom. The molecule has 0 aromatic heterocycles. The molecule has 0 bridgehead atoms. The van der Waals surface area contributed by atoms with E-state index < -0.39 is 5.91 Å². The molecular weight excluding hydrogens is 210 g/mol. The van der Waals surface area contributed by atoms with Gasteiger partial charge in [0.15, 0.2) is 0 Å². The van der Waals surface area contributed by atoms with Gasteiger partial charge in [0.05, 0.1) is 12.0 Å². The van der Waals surface area contributed by atoms with Gasteiger partial charge in [-0.05, 0) is 12.8 Å². The summed E-state index contributed by atoms with van der Waals surface area (Å²) < 4.78 is 4.92. The normalized spacial score (nSPS) is 17.6. The lowest BCUT2D eigenvalue weighted by Gasteiger charge is -2.39. The number of primary amides is 1. The molecule has 92 valence electrons. The summed E-state index contributed by atoms with van der Waals surface area (Å²) in [6, 6.07) is 0. The van der Waals surface area contributed by atoms with Crippen molar-refractivity contribution in [3.05, 3.63) is 0 Å². The number of rotatable bonds is 7. The van der Waals surface area contributed by atoms with Crippen LogP contribution in [0, 0.1) is 5.41 Å².